The van der Waals surface area contributed by atoms with E-state index in [1.807, 2.05) is 69.3 Å². The fraction of sp³-hybridized carbons (Fsp3) is 0.391. The summed E-state index contributed by atoms with van der Waals surface area (Å²) in [4.78, 5) is 48.7. The van der Waals surface area contributed by atoms with Gasteiger partial charge in [0.25, 0.3) is 0 Å². The van der Waals surface area contributed by atoms with E-state index < -0.39 is 23.6 Å². The zero-order chi connectivity index (χ0) is 40.4. The molecule has 0 bridgehead atoms. The molecule has 0 heterocycles. The van der Waals surface area contributed by atoms with E-state index in [2.05, 4.69) is 28.2 Å². The number of benzene rings is 4. The van der Waals surface area contributed by atoms with Crippen molar-refractivity contribution >= 4 is 46.4 Å². The molecule has 4 N–H and O–H groups in total. The number of amides is 4. The minimum atomic E-state index is -0.733. The molecular weight excluding hydrogens is 705 g/mol. The molecule has 0 saturated carbocycles. The van der Waals surface area contributed by atoms with Crippen LogP contribution in [0.3, 0.4) is 0 Å². The topological polar surface area (TPSA) is 135 Å². The average Bonchev–Trinajstić information content (AvgIpc) is 3.21. The summed E-state index contributed by atoms with van der Waals surface area (Å²) in [6.07, 6.45) is 15.1. The van der Waals surface area contributed by atoms with Crippen molar-refractivity contribution in [2.75, 3.05) is 34.5 Å². The van der Waals surface area contributed by atoms with E-state index in [-0.39, 0.29) is 0 Å². The zero-order valence-corrected chi connectivity index (χ0v) is 33.6. The van der Waals surface area contributed by atoms with E-state index in [0.717, 1.165) is 18.4 Å². The van der Waals surface area contributed by atoms with Crippen molar-refractivity contribution in [3.63, 3.8) is 0 Å². The normalized spacial score (nSPS) is 10.4. The molecule has 0 atom stereocenters. The van der Waals surface area contributed by atoms with Crippen LogP contribution in [0.4, 0.5) is 22.7 Å². The van der Waals surface area contributed by atoms with Crippen LogP contribution in [0.2, 0.25) is 0 Å². The van der Waals surface area contributed by atoms with Gasteiger partial charge < -0.3 is 30.7 Å². The number of hydrogen-bond acceptors (Lipinski definition) is 6. The van der Waals surface area contributed by atoms with Crippen LogP contribution in [-0.4, -0.2) is 36.8 Å². The zero-order valence-electron chi connectivity index (χ0n) is 33.6. The second-order valence-corrected chi connectivity index (χ2v) is 13.3. The summed E-state index contributed by atoms with van der Waals surface area (Å²) in [6, 6.07) is 29.2. The van der Waals surface area contributed by atoms with Crippen LogP contribution < -0.4 is 30.7 Å². The molecule has 4 aromatic carbocycles. The van der Waals surface area contributed by atoms with E-state index in [4.69, 9.17) is 9.47 Å². The molecule has 0 saturated heterocycles. The van der Waals surface area contributed by atoms with Crippen LogP contribution in [0.25, 0.3) is 0 Å². The highest BCUT2D eigenvalue weighted by atomic mass is 16.5. The number of carbonyl (C=O) groups excluding carboxylic acids is 4. The van der Waals surface area contributed by atoms with Crippen LogP contribution >= 0.6 is 0 Å². The van der Waals surface area contributed by atoms with Crippen LogP contribution in [-0.2, 0) is 32.0 Å². The summed E-state index contributed by atoms with van der Waals surface area (Å²) >= 11 is 0. The highest BCUT2D eigenvalue weighted by molar-refractivity contribution is 6.44. The minimum absolute atomic E-state index is 0.471. The molecule has 56 heavy (non-hydrogen) atoms. The summed E-state index contributed by atoms with van der Waals surface area (Å²) in [5.41, 5.74) is 4.43. The van der Waals surface area contributed by atoms with Gasteiger partial charge in [-0.2, -0.15) is 0 Å². The molecule has 0 aromatic heterocycles. The number of carbonyl (C=O) groups is 4. The largest absolute Gasteiger partial charge is 0.492 e. The molecule has 0 unspecified atom stereocenters. The molecular formula is C46H60N4O6. The standard InChI is InChI=1S/C28H40N2O3.C18H20N2O3/c1-3-5-6-7-8-9-10-11-12-13-16-23-19-21-24(22-20-23)29-27(31)28(32)30-25-17-14-15-18-26(25)33-4-2;1-3-13-9-5-6-10-14(13)19-17(21)18(22)20-15-11-7-8-12-16(15)23-4-2/h14-15,17-22H,3-13,16H2,1-2H3,(H,29,31)(H,30,32);5-12H,3-4H2,1-2H3,(H,19,21)(H,20,22). The van der Waals surface area contributed by atoms with Gasteiger partial charge in [-0.15, -0.1) is 0 Å². The second kappa shape index (κ2) is 26.2. The van der Waals surface area contributed by atoms with Gasteiger partial charge in [0.2, 0.25) is 0 Å². The molecule has 0 fully saturated rings. The Labute approximate surface area is 333 Å². The van der Waals surface area contributed by atoms with Crippen molar-refractivity contribution in [3.8, 4) is 11.5 Å². The maximum atomic E-state index is 12.3. The van der Waals surface area contributed by atoms with E-state index in [1.165, 1.54) is 69.8 Å². The molecule has 10 nitrogen and oxygen atoms in total. The molecule has 0 spiro atoms. The van der Waals surface area contributed by atoms with Crippen molar-refractivity contribution < 1.29 is 28.7 Å². The Morgan fingerprint density at radius 2 is 0.857 bits per heavy atom. The van der Waals surface area contributed by atoms with Crippen LogP contribution in [0.5, 0.6) is 11.5 Å². The van der Waals surface area contributed by atoms with E-state index in [0.29, 0.717) is 47.5 Å². The summed E-state index contributed by atoms with van der Waals surface area (Å²) in [5.74, 6) is -1.80. The first-order chi connectivity index (χ1) is 27.3. The number of ether oxygens (including phenoxy) is 2. The number of rotatable bonds is 20. The molecule has 300 valence electrons. The van der Waals surface area contributed by atoms with Gasteiger partial charge in [-0.3, -0.25) is 19.2 Å². The lowest BCUT2D eigenvalue weighted by Crippen LogP contribution is -2.29. The van der Waals surface area contributed by atoms with Crippen molar-refractivity contribution in [2.45, 2.75) is 105 Å². The van der Waals surface area contributed by atoms with E-state index in [1.54, 1.807) is 48.5 Å². The van der Waals surface area contributed by atoms with Crippen molar-refractivity contribution in [3.05, 3.63) is 108 Å². The van der Waals surface area contributed by atoms with Gasteiger partial charge >= 0.3 is 23.6 Å². The Bertz CT molecular complexity index is 1790. The monoisotopic (exact) mass is 764 g/mol. The third-order valence-corrected chi connectivity index (χ3v) is 8.96. The van der Waals surface area contributed by atoms with Gasteiger partial charge in [0.05, 0.1) is 24.6 Å². The Morgan fingerprint density at radius 3 is 1.34 bits per heavy atom. The summed E-state index contributed by atoms with van der Waals surface area (Å²) < 4.78 is 10.9. The second-order valence-electron chi connectivity index (χ2n) is 13.3. The smallest absolute Gasteiger partial charge is 0.314 e. The number of hydrogen-bond donors (Lipinski definition) is 4. The molecule has 4 aromatic rings. The summed E-state index contributed by atoms with van der Waals surface area (Å²) in [6.45, 7) is 8.92. The average molecular weight is 765 g/mol. The van der Waals surface area contributed by atoms with Crippen molar-refractivity contribution in [2.24, 2.45) is 0 Å². The highest BCUT2D eigenvalue weighted by Crippen LogP contribution is 2.25. The fourth-order valence-electron chi connectivity index (χ4n) is 5.95. The van der Waals surface area contributed by atoms with Crippen molar-refractivity contribution in [1.29, 1.82) is 0 Å². The predicted molar refractivity (Wildman–Crippen MR) is 228 cm³/mol. The Morgan fingerprint density at radius 1 is 0.446 bits per heavy atom. The molecule has 0 radical (unpaired) electrons. The number of aryl methyl sites for hydroxylation is 2. The highest BCUT2D eigenvalue weighted by Gasteiger charge is 2.18. The molecule has 0 aliphatic carbocycles. The predicted octanol–water partition coefficient (Wildman–Crippen LogP) is 10.4. The lowest BCUT2D eigenvalue weighted by Gasteiger charge is -2.12. The maximum absolute atomic E-state index is 12.3. The number of unbranched alkanes of at least 4 members (excludes halogenated alkanes) is 9. The lowest BCUT2D eigenvalue weighted by atomic mass is 10.0. The molecule has 4 amide bonds. The fourth-order valence-corrected chi connectivity index (χ4v) is 5.95. The van der Waals surface area contributed by atoms with Gasteiger partial charge in [0.15, 0.2) is 0 Å². The first-order valence-electron chi connectivity index (χ1n) is 20.1. The SMILES string of the molecule is CCCCCCCCCCCCc1ccc(NC(=O)C(=O)Nc2ccccc2OCC)cc1.CCOc1ccccc1NC(=O)C(=O)Nc1ccccc1CC. The molecule has 4 rings (SSSR count). The number of para-hydroxylation sites is 5. The minimum Gasteiger partial charge on any atom is -0.492 e. The van der Waals surface area contributed by atoms with Crippen LogP contribution in [0.1, 0.15) is 103 Å². The van der Waals surface area contributed by atoms with Crippen molar-refractivity contribution in [1.82, 2.24) is 0 Å². The third kappa shape index (κ3) is 16.4. The maximum Gasteiger partial charge on any atom is 0.314 e. The lowest BCUT2D eigenvalue weighted by molar-refractivity contribution is -0.133. The van der Waals surface area contributed by atoms with Crippen LogP contribution in [0.15, 0.2) is 97.1 Å². The van der Waals surface area contributed by atoms with Gasteiger partial charge in [-0.05, 0) is 86.7 Å². The Kier molecular flexibility index (Phi) is 20.9. The third-order valence-electron chi connectivity index (χ3n) is 8.96. The first-order valence-corrected chi connectivity index (χ1v) is 20.1. The number of nitrogens with one attached hydrogen (secondary N) is 4. The van der Waals surface area contributed by atoms with Crippen LogP contribution in [0, 0.1) is 0 Å². The Balaban J connectivity index is 0.000000320. The van der Waals surface area contributed by atoms with Gasteiger partial charge in [0.1, 0.15) is 11.5 Å². The van der Waals surface area contributed by atoms with E-state index >= 15 is 0 Å². The molecule has 0 aliphatic rings. The van der Waals surface area contributed by atoms with E-state index in [9.17, 15) is 19.2 Å². The summed E-state index contributed by atoms with van der Waals surface area (Å²) in [5, 5.41) is 10.5. The van der Waals surface area contributed by atoms with Gasteiger partial charge in [-0.1, -0.05) is 126 Å². The molecule has 10 heteroatoms. The molecule has 0 aliphatic heterocycles. The Hall–Kier alpha value is -5.64. The quantitative estimate of drug-likeness (QED) is 0.0523. The number of anilines is 4. The summed E-state index contributed by atoms with van der Waals surface area (Å²) in [7, 11) is 0. The first kappa shape index (κ1) is 44.8. The van der Waals surface area contributed by atoms with Gasteiger partial charge in [-0.25, -0.2) is 0 Å². The van der Waals surface area contributed by atoms with Gasteiger partial charge in [0, 0.05) is 11.4 Å².